The van der Waals surface area contributed by atoms with Gasteiger partial charge in [0, 0.05) is 21.9 Å². The van der Waals surface area contributed by atoms with Gasteiger partial charge in [0.2, 0.25) is 0 Å². The van der Waals surface area contributed by atoms with Crippen molar-refractivity contribution in [3.63, 3.8) is 0 Å². The second-order valence-corrected chi connectivity index (χ2v) is 8.82. The number of nitrogens with two attached hydrogens (primary N) is 1. The van der Waals surface area contributed by atoms with E-state index in [-0.39, 0.29) is 57.6 Å². The second kappa shape index (κ2) is 10.7. The number of carboxylic acids is 1. The number of β-lactam (4-membered cyclic amide) rings is 1. The van der Waals surface area contributed by atoms with E-state index in [9.17, 15) is 24.6 Å². The minimum Gasteiger partial charge on any atom is -0.857 e. The third kappa shape index (κ3) is 5.18. The van der Waals surface area contributed by atoms with E-state index < -0.39 is 40.9 Å². The van der Waals surface area contributed by atoms with E-state index in [0.29, 0.717) is 4.91 Å². The smallest absolute Gasteiger partial charge is 0.857 e. The zero-order valence-electron chi connectivity index (χ0n) is 16.2. The summed E-state index contributed by atoms with van der Waals surface area (Å²) in [5, 5.41) is 34.8. The zero-order chi connectivity index (χ0) is 22.0. The van der Waals surface area contributed by atoms with Crippen LogP contribution < -0.4 is 40.4 Å². The first-order valence-corrected chi connectivity index (χ1v) is 11.0. The minimum absolute atomic E-state index is 0. The fraction of sp³-hybridized carbons (Fsp3) is 0.333. The molecule has 16 heteroatoms. The monoisotopic (exact) mass is 495 g/mol. The van der Waals surface area contributed by atoms with Crippen LogP contribution in [-0.2, 0) is 19.1 Å². The van der Waals surface area contributed by atoms with Crippen LogP contribution in [0.3, 0.4) is 0 Å². The average Bonchev–Trinajstić information content (AvgIpc) is 3.15. The molecule has 3 heterocycles. The number of thioether (sulfide) groups is 2. The van der Waals surface area contributed by atoms with Crippen LogP contribution in [0.15, 0.2) is 26.1 Å². The molecule has 0 aromatic carbocycles. The molecule has 1 aromatic heterocycles. The maximum atomic E-state index is 12.6. The number of hydrogen-bond acceptors (Lipinski definition) is 13. The number of methoxy groups -OCH3 is 1. The Kier molecular flexibility index (Phi) is 8.79. The number of hydrogen-bond donors (Lipinski definition) is 3. The van der Waals surface area contributed by atoms with Gasteiger partial charge in [-0.15, -0.1) is 34.9 Å². The van der Waals surface area contributed by atoms with Crippen molar-refractivity contribution in [3.05, 3.63) is 21.7 Å². The number of aliphatic carboxylic acids is 1. The average molecular weight is 495 g/mol. The minimum atomic E-state index is -1.33. The maximum Gasteiger partial charge on any atom is 1.00 e. The van der Waals surface area contributed by atoms with Gasteiger partial charge in [-0.05, 0) is 0 Å². The van der Waals surface area contributed by atoms with Crippen LogP contribution in [-0.4, -0.2) is 79.7 Å². The number of rotatable bonds is 7. The molecule has 1 amide bonds. The Morgan fingerprint density at radius 3 is 2.77 bits per heavy atom. The van der Waals surface area contributed by atoms with Crippen molar-refractivity contribution >= 4 is 69.4 Å². The molecule has 2 aliphatic rings. The summed E-state index contributed by atoms with van der Waals surface area (Å²) in [4.78, 5) is 44.6. The molecule has 1 saturated heterocycles. The number of carbonyl (C=O) groups is 3. The van der Waals surface area contributed by atoms with E-state index in [0.717, 1.165) is 28.0 Å². The van der Waals surface area contributed by atoms with Crippen LogP contribution in [0.25, 0.3) is 0 Å². The molecular formula is C15H14N5NaO7S3. The molecular weight excluding hydrogens is 481 g/mol. The molecule has 31 heavy (non-hydrogen) atoms. The van der Waals surface area contributed by atoms with Gasteiger partial charge in [0.05, 0.1) is 12.9 Å². The number of thiazole rings is 1. The molecule has 0 spiro atoms. The molecule has 160 valence electrons. The number of ether oxygens (including phenoxy) is 1. The molecule has 4 N–H and O–H groups in total. The Morgan fingerprint density at radius 1 is 1.52 bits per heavy atom. The first kappa shape index (κ1) is 25.5. The quantitative estimate of drug-likeness (QED) is 0.0638. The Balaban J connectivity index is 0.00000341. The predicted molar refractivity (Wildman–Crippen MR) is 108 cm³/mol. The molecule has 0 bridgehead atoms. The summed E-state index contributed by atoms with van der Waals surface area (Å²) in [6, 6.07) is -1.14. The van der Waals surface area contributed by atoms with Gasteiger partial charge < -0.3 is 25.9 Å². The van der Waals surface area contributed by atoms with Gasteiger partial charge in [-0.25, -0.2) is 9.78 Å². The SMILES string of the molecule is COC(=O)CSC1=C(C(=O)O)N2C(=O)[C@@H](N=C([O-])/C(=N/O)c3csc(N)n3)[C@H]2SC1.[Na+]. The Morgan fingerprint density at radius 2 is 2.23 bits per heavy atom. The Labute approximate surface area is 209 Å². The molecule has 1 aromatic rings. The number of fused-ring (bicyclic) bond motifs is 1. The third-order valence-electron chi connectivity index (χ3n) is 4.02. The van der Waals surface area contributed by atoms with Crippen molar-refractivity contribution < 1.29 is 64.1 Å². The second-order valence-electron chi connectivity index (χ2n) is 5.75. The third-order valence-corrected chi connectivity index (χ3v) is 7.21. The number of esters is 1. The van der Waals surface area contributed by atoms with Crippen molar-refractivity contribution in [2.24, 2.45) is 10.1 Å². The number of aliphatic imine (C=N–C) groups is 1. The molecule has 0 saturated carbocycles. The number of nitrogens with zero attached hydrogens (tertiary/aromatic N) is 4. The predicted octanol–water partition coefficient (Wildman–Crippen LogP) is -3.85. The van der Waals surface area contributed by atoms with Gasteiger partial charge >= 0.3 is 41.5 Å². The van der Waals surface area contributed by atoms with Crippen LogP contribution in [0.4, 0.5) is 5.13 Å². The van der Waals surface area contributed by atoms with E-state index in [1.807, 2.05) is 0 Å². The number of carbonyl (C=O) groups excluding carboxylic acids is 2. The maximum absolute atomic E-state index is 12.6. The van der Waals surface area contributed by atoms with Crippen molar-refractivity contribution in [1.82, 2.24) is 9.88 Å². The van der Waals surface area contributed by atoms with Gasteiger partial charge in [0.15, 0.2) is 11.2 Å². The molecule has 0 radical (unpaired) electrons. The Bertz CT molecular complexity index is 995. The van der Waals surface area contributed by atoms with Gasteiger partial charge in [0.1, 0.15) is 22.5 Å². The van der Waals surface area contributed by atoms with E-state index in [1.54, 1.807) is 0 Å². The summed E-state index contributed by atoms with van der Waals surface area (Å²) in [5.74, 6) is -3.42. The summed E-state index contributed by atoms with van der Waals surface area (Å²) in [6.45, 7) is 0. The number of aromatic nitrogens is 1. The van der Waals surface area contributed by atoms with Crippen molar-refractivity contribution in [2.75, 3.05) is 24.3 Å². The van der Waals surface area contributed by atoms with Crippen LogP contribution >= 0.6 is 34.9 Å². The molecule has 0 unspecified atom stereocenters. The summed E-state index contributed by atoms with van der Waals surface area (Å²) >= 11 is 3.21. The standard InChI is InChI=1S/C15H15N5O7S3.Na/c1-27-7(21)4-28-6-3-29-13-9(12(23)20(13)10(6)14(24)25)18-11(22)8(19-26)5-2-30-15(16)17-5;/h2,9,13,26H,3-4H2,1H3,(H2,16,17)(H,18,22)(H,24,25);/q;+1/p-1/b19-8+;/t9-,13-;/m1./s1. The van der Waals surface area contributed by atoms with Gasteiger partial charge in [0.25, 0.3) is 5.91 Å². The van der Waals surface area contributed by atoms with Crippen LogP contribution in [0.2, 0.25) is 0 Å². The number of amides is 1. The topological polar surface area (TPSA) is 191 Å². The van der Waals surface area contributed by atoms with Crippen molar-refractivity contribution in [1.29, 1.82) is 0 Å². The summed E-state index contributed by atoms with van der Waals surface area (Å²) < 4.78 is 4.54. The van der Waals surface area contributed by atoms with E-state index in [2.05, 4.69) is 19.9 Å². The van der Waals surface area contributed by atoms with Crippen LogP contribution in [0.1, 0.15) is 5.69 Å². The normalized spacial score (nSPS) is 21.2. The number of oxime groups is 1. The molecule has 0 aliphatic carbocycles. The van der Waals surface area contributed by atoms with Gasteiger partial charge in [-0.3, -0.25) is 19.5 Å². The van der Waals surface area contributed by atoms with E-state index in [4.69, 9.17) is 10.9 Å². The number of anilines is 1. The van der Waals surface area contributed by atoms with E-state index in [1.165, 1.54) is 24.3 Å². The first-order chi connectivity index (χ1) is 14.3. The van der Waals surface area contributed by atoms with Crippen LogP contribution in [0.5, 0.6) is 0 Å². The molecule has 1 fully saturated rings. The van der Waals surface area contributed by atoms with E-state index >= 15 is 0 Å². The number of nitrogen functional groups attached to an aromatic ring is 1. The van der Waals surface area contributed by atoms with Crippen molar-refractivity contribution in [3.8, 4) is 0 Å². The first-order valence-electron chi connectivity index (χ1n) is 8.07. The fourth-order valence-corrected chi connectivity index (χ4v) is 5.65. The molecule has 12 nitrogen and oxygen atoms in total. The molecule has 3 rings (SSSR count). The number of carboxylic acid groups (broad SMARTS) is 1. The summed E-state index contributed by atoms with van der Waals surface area (Å²) in [7, 11) is 1.22. The molecule has 2 atom stereocenters. The van der Waals surface area contributed by atoms with Crippen molar-refractivity contribution in [2.45, 2.75) is 11.4 Å². The fourth-order valence-electron chi connectivity index (χ4n) is 2.66. The largest absolute Gasteiger partial charge is 1.00 e. The Hall–Kier alpha value is -1.78. The summed E-state index contributed by atoms with van der Waals surface area (Å²) in [5.41, 5.74) is 4.79. The summed E-state index contributed by atoms with van der Waals surface area (Å²) in [6.07, 6.45) is 0. The van der Waals surface area contributed by atoms with Crippen LogP contribution in [0, 0.1) is 0 Å². The zero-order valence-corrected chi connectivity index (χ0v) is 20.6. The van der Waals surface area contributed by atoms with Gasteiger partial charge in [-0.2, -0.15) is 0 Å². The van der Waals surface area contributed by atoms with Gasteiger partial charge in [-0.1, -0.05) is 5.16 Å². The molecule has 2 aliphatic heterocycles.